The molecule has 0 unspecified atom stereocenters. The van der Waals surface area contributed by atoms with Gasteiger partial charge in [0.1, 0.15) is 0 Å². The van der Waals surface area contributed by atoms with Gasteiger partial charge in [0.05, 0.1) is 23.7 Å². The van der Waals surface area contributed by atoms with Crippen LogP contribution >= 0.6 is 0 Å². The number of esters is 1. The Balaban J connectivity index is 2.00. The molecule has 2 N–H and O–H groups in total. The molecule has 0 amide bonds. The van der Waals surface area contributed by atoms with Gasteiger partial charge in [-0.25, -0.2) is 0 Å². The van der Waals surface area contributed by atoms with Gasteiger partial charge in [-0.1, -0.05) is 55.9 Å². The lowest BCUT2D eigenvalue weighted by Gasteiger charge is -2.52. The van der Waals surface area contributed by atoms with Gasteiger partial charge in [-0.2, -0.15) is 0 Å². The van der Waals surface area contributed by atoms with Crippen LogP contribution in [0.15, 0.2) is 47.6 Å². The second kappa shape index (κ2) is 10.7. The highest BCUT2D eigenvalue weighted by atomic mass is 16.5. The minimum Gasteiger partial charge on any atom is -0.462 e. The van der Waals surface area contributed by atoms with Gasteiger partial charge in [0.25, 0.3) is 0 Å². The van der Waals surface area contributed by atoms with Gasteiger partial charge < -0.3 is 14.9 Å². The summed E-state index contributed by atoms with van der Waals surface area (Å²) in [5, 5.41) is 21.6. The van der Waals surface area contributed by atoms with E-state index in [2.05, 4.69) is 39.0 Å². The average molecular weight is 457 g/mol. The van der Waals surface area contributed by atoms with E-state index in [9.17, 15) is 15.0 Å². The molecule has 9 atom stereocenters. The van der Waals surface area contributed by atoms with Crippen molar-refractivity contribution in [3.8, 4) is 0 Å². The van der Waals surface area contributed by atoms with Gasteiger partial charge in [-0.15, -0.1) is 0 Å². The van der Waals surface area contributed by atoms with E-state index in [0.717, 1.165) is 43.3 Å². The van der Waals surface area contributed by atoms with E-state index in [1.807, 2.05) is 39.0 Å². The maximum absolute atomic E-state index is 13.8. The molecular formula is C29H44O4. The number of hydrogen-bond donors (Lipinski definition) is 2. The normalized spacial score (nSPS) is 45.6. The molecule has 1 aliphatic heterocycles. The Bertz CT molecular complexity index is 821. The molecular weight excluding hydrogens is 412 g/mol. The molecule has 3 aliphatic rings. The number of carbonyl (C=O) groups excluding carboxylic acids is 1. The number of rotatable bonds is 0. The molecule has 33 heavy (non-hydrogen) atoms. The summed E-state index contributed by atoms with van der Waals surface area (Å²) in [4.78, 5) is 13.8. The predicted molar refractivity (Wildman–Crippen MR) is 133 cm³/mol. The molecule has 0 radical (unpaired) electrons. The van der Waals surface area contributed by atoms with Crippen LogP contribution in [0, 0.1) is 35.0 Å². The van der Waals surface area contributed by atoms with Crippen LogP contribution in [0.3, 0.4) is 0 Å². The first-order valence-electron chi connectivity index (χ1n) is 12.8. The number of aliphatic hydroxyl groups is 2. The zero-order valence-corrected chi connectivity index (χ0v) is 21.3. The summed E-state index contributed by atoms with van der Waals surface area (Å²) < 4.78 is 6.08. The van der Waals surface area contributed by atoms with Gasteiger partial charge in [0.15, 0.2) is 0 Å². The first kappa shape index (κ1) is 26.0. The SMILES string of the molecule is CC1=C[C@H]2[C@H](O)[C@@H](C)CC[C@@H]2[C@@]2(C)C(=O)O[C@H](C)CCC/C=C(\C)[C@H](O)[C@@H](C)C=C/C=C/[C@@H]12. The first-order valence-corrected chi connectivity index (χ1v) is 12.8. The Labute approximate surface area is 200 Å². The van der Waals surface area contributed by atoms with E-state index in [0.29, 0.717) is 0 Å². The van der Waals surface area contributed by atoms with E-state index in [-0.39, 0.29) is 41.7 Å². The Morgan fingerprint density at radius 1 is 1.00 bits per heavy atom. The zero-order valence-electron chi connectivity index (χ0n) is 21.3. The molecule has 2 aliphatic carbocycles. The lowest BCUT2D eigenvalue weighted by atomic mass is 9.52. The predicted octanol–water partition coefficient (Wildman–Crippen LogP) is 5.76. The lowest BCUT2D eigenvalue weighted by molar-refractivity contribution is -0.172. The summed E-state index contributed by atoms with van der Waals surface area (Å²) >= 11 is 0. The van der Waals surface area contributed by atoms with Gasteiger partial charge in [-0.05, 0) is 77.2 Å². The number of ether oxygens (including phenoxy) is 1. The number of allylic oxidation sites excluding steroid dienone is 5. The number of aliphatic hydroxyl groups excluding tert-OH is 2. The van der Waals surface area contributed by atoms with Crippen LogP contribution in [-0.4, -0.2) is 34.5 Å². The average Bonchev–Trinajstić information content (AvgIpc) is 2.77. The minimum atomic E-state index is -0.720. The molecule has 1 heterocycles. The van der Waals surface area contributed by atoms with Crippen LogP contribution in [0.5, 0.6) is 0 Å². The van der Waals surface area contributed by atoms with E-state index >= 15 is 0 Å². The van der Waals surface area contributed by atoms with Crippen molar-refractivity contribution in [2.24, 2.45) is 35.0 Å². The molecule has 0 aromatic rings. The second-order valence-electron chi connectivity index (χ2n) is 11.1. The third kappa shape index (κ3) is 5.38. The van der Waals surface area contributed by atoms with E-state index in [1.54, 1.807) is 0 Å². The highest BCUT2D eigenvalue weighted by molar-refractivity contribution is 5.79. The van der Waals surface area contributed by atoms with Gasteiger partial charge in [0, 0.05) is 17.8 Å². The van der Waals surface area contributed by atoms with Crippen LogP contribution in [0.25, 0.3) is 0 Å². The maximum atomic E-state index is 13.8. The quantitative estimate of drug-likeness (QED) is 0.359. The Morgan fingerprint density at radius 2 is 1.70 bits per heavy atom. The Morgan fingerprint density at radius 3 is 2.42 bits per heavy atom. The Hall–Kier alpha value is -1.65. The molecule has 0 aromatic heterocycles. The van der Waals surface area contributed by atoms with Crippen molar-refractivity contribution in [1.29, 1.82) is 0 Å². The fourth-order valence-corrected chi connectivity index (χ4v) is 6.24. The molecule has 184 valence electrons. The Kier molecular flexibility index (Phi) is 8.45. The largest absolute Gasteiger partial charge is 0.462 e. The van der Waals surface area contributed by atoms with E-state index < -0.39 is 17.6 Å². The fraction of sp³-hybridized carbons (Fsp3) is 0.690. The van der Waals surface area contributed by atoms with Crippen LogP contribution in [0.1, 0.15) is 73.6 Å². The van der Waals surface area contributed by atoms with Gasteiger partial charge in [-0.3, -0.25) is 4.79 Å². The summed E-state index contributed by atoms with van der Waals surface area (Å²) in [7, 11) is 0. The fourth-order valence-electron chi connectivity index (χ4n) is 6.24. The lowest BCUT2D eigenvalue weighted by Crippen LogP contribution is -2.54. The molecule has 4 heteroatoms. The van der Waals surface area contributed by atoms with Crippen molar-refractivity contribution in [3.63, 3.8) is 0 Å². The molecule has 1 fully saturated rings. The topological polar surface area (TPSA) is 66.8 Å². The molecule has 3 rings (SSSR count). The maximum Gasteiger partial charge on any atom is 0.313 e. The van der Waals surface area contributed by atoms with Crippen molar-refractivity contribution in [2.75, 3.05) is 0 Å². The van der Waals surface area contributed by atoms with Gasteiger partial charge >= 0.3 is 5.97 Å². The van der Waals surface area contributed by atoms with E-state index in [1.165, 1.54) is 0 Å². The highest BCUT2D eigenvalue weighted by Crippen LogP contribution is 2.55. The molecule has 4 nitrogen and oxygen atoms in total. The number of cyclic esters (lactones) is 1. The summed E-state index contributed by atoms with van der Waals surface area (Å²) in [5.41, 5.74) is 1.39. The molecule has 0 bridgehead atoms. The van der Waals surface area contributed by atoms with Crippen molar-refractivity contribution in [1.82, 2.24) is 0 Å². The molecule has 0 spiro atoms. The zero-order chi connectivity index (χ0) is 24.3. The monoisotopic (exact) mass is 456 g/mol. The second-order valence-corrected chi connectivity index (χ2v) is 11.1. The van der Waals surface area contributed by atoms with Crippen LogP contribution in [-0.2, 0) is 9.53 Å². The summed E-state index contributed by atoms with van der Waals surface area (Å²) in [6, 6.07) is 0. The van der Waals surface area contributed by atoms with Crippen LogP contribution < -0.4 is 0 Å². The van der Waals surface area contributed by atoms with Gasteiger partial charge in [0.2, 0.25) is 0 Å². The molecule has 0 saturated heterocycles. The summed E-state index contributed by atoms with van der Waals surface area (Å²) in [6.07, 6.45) is 15.8. The van der Waals surface area contributed by atoms with Crippen molar-refractivity contribution in [3.05, 3.63) is 47.6 Å². The number of fused-ring (bicyclic) bond motifs is 3. The van der Waals surface area contributed by atoms with E-state index in [4.69, 9.17) is 4.74 Å². The smallest absolute Gasteiger partial charge is 0.313 e. The van der Waals surface area contributed by atoms with Crippen LogP contribution in [0.2, 0.25) is 0 Å². The van der Waals surface area contributed by atoms with Crippen molar-refractivity contribution < 1.29 is 19.7 Å². The third-order valence-electron chi connectivity index (χ3n) is 8.56. The minimum absolute atomic E-state index is 0.0106. The first-order chi connectivity index (χ1) is 15.6. The van der Waals surface area contributed by atoms with Crippen molar-refractivity contribution >= 4 is 5.97 Å². The number of hydrogen-bond acceptors (Lipinski definition) is 4. The third-order valence-corrected chi connectivity index (χ3v) is 8.56. The van der Waals surface area contributed by atoms with Crippen LogP contribution in [0.4, 0.5) is 0 Å². The molecule has 1 saturated carbocycles. The number of carbonyl (C=O) groups is 1. The highest BCUT2D eigenvalue weighted by Gasteiger charge is 2.56. The summed E-state index contributed by atoms with van der Waals surface area (Å²) in [5.74, 6) is 0.0569. The standard InChI is InChI=1S/C29H44O4/c1-18-11-7-9-13-22(5)33-28(32)29(6)24(14-10-8-12-19(2)26(18)30)21(4)17-23-25(29)16-15-20(3)27(23)31/h8,10-12,14,17,19-20,22-27,30-31H,7,9,13,15-16H2,1-6H3/b12-8?,14-10+,18-11+/t19-,20-,22+,23+,24-,25-,26-,27+,29-/m0/s1. The van der Waals surface area contributed by atoms with Crippen molar-refractivity contribution in [2.45, 2.75) is 92.0 Å². The molecule has 0 aromatic carbocycles. The summed E-state index contributed by atoms with van der Waals surface area (Å²) in [6.45, 7) is 12.2.